The summed E-state index contributed by atoms with van der Waals surface area (Å²) in [6, 6.07) is 3.10. The molecular weight excluding hydrogens is 200 g/mol. The zero-order valence-electron chi connectivity index (χ0n) is 7.47. The van der Waals surface area contributed by atoms with Gasteiger partial charge in [-0.05, 0) is 12.1 Å². The first kappa shape index (κ1) is 9.26. The van der Waals surface area contributed by atoms with Crippen LogP contribution in [-0.4, -0.2) is 25.5 Å². The number of hydrogen-bond donors (Lipinski definition) is 5. The van der Waals surface area contributed by atoms with E-state index >= 15 is 0 Å². The van der Waals surface area contributed by atoms with E-state index in [9.17, 15) is 25.5 Å². The third-order valence-corrected chi connectivity index (χ3v) is 2.16. The molecular formula is C10H8O5. The highest BCUT2D eigenvalue weighted by Crippen LogP contribution is 2.43. The van der Waals surface area contributed by atoms with Crippen molar-refractivity contribution in [1.29, 1.82) is 0 Å². The van der Waals surface area contributed by atoms with E-state index in [1.165, 1.54) is 0 Å². The highest BCUT2D eigenvalue weighted by Gasteiger charge is 2.13. The van der Waals surface area contributed by atoms with Gasteiger partial charge in [-0.2, -0.15) is 0 Å². The molecule has 0 spiro atoms. The molecule has 5 N–H and O–H groups in total. The Bertz CT molecular complexity index is 547. The summed E-state index contributed by atoms with van der Waals surface area (Å²) in [5.74, 6) is -2.11. The van der Waals surface area contributed by atoms with E-state index < -0.39 is 23.0 Å². The van der Waals surface area contributed by atoms with Gasteiger partial charge in [0.25, 0.3) is 0 Å². The first-order valence-electron chi connectivity index (χ1n) is 4.10. The SMILES string of the molecule is Oc1cc2c(O)cc(O)c(O)c2cc1O. The summed E-state index contributed by atoms with van der Waals surface area (Å²) in [7, 11) is 0. The molecule has 78 valence electrons. The number of benzene rings is 2. The summed E-state index contributed by atoms with van der Waals surface area (Å²) in [5.41, 5.74) is 0. The van der Waals surface area contributed by atoms with Gasteiger partial charge in [-0.15, -0.1) is 0 Å². The summed E-state index contributed by atoms with van der Waals surface area (Å²) in [5, 5.41) is 46.7. The molecule has 0 fully saturated rings. The lowest BCUT2D eigenvalue weighted by Gasteiger charge is -2.07. The summed E-state index contributed by atoms with van der Waals surface area (Å²) < 4.78 is 0. The number of fused-ring (bicyclic) bond motifs is 1. The van der Waals surface area contributed by atoms with E-state index in [2.05, 4.69) is 0 Å². The fraction of sp³-hybridized carbons (Fsp3) is 0. The molecule has 2 rings (SSSR count). The molecule has 0 heterocycles. The maximum Gasteiger partial charge on any atom is 0.165 e. The van der Waals surface area contributed by atoms with Gasteiger partial charge in [0.1, 0.15) is 5.75 Å². The molecule has 2 aromatic carbocycles. The predicted octanol–water partition coefficient (Wildman–Crippen LogP) is 1.37. The molecule has 0 unspecified atom stereocenters. The van der Waals surface area contributed by atoms with Gasteiger partial charge in [0.2, 0.25) is 0 Å². The Morgan fingerprint density at radius 1 is 0.533 bits per heavy atom. The normalized spacial score (nSPS) is 10.7. The molecule has 0 aliphatic rings. The topological polar surface area (TPSA) is 101 Å². The van der Waals surface area contributed by atoms with Gasteiger partial charge in [-0.25, -0.2) is 0 Å². The molecule has 5 nitrogen and oxygen atoms in total. The van der Waals surface area contributed by atoms with E-state index in [-0.39, 0.29) is 16.5 Å². The van der Waals surface area contributed by atoms with Crippen molar-refractivity contribution >= 4 is 10.8 Å². The van der Waals surface area contributed by atoms with Crippen LogP contribution in [-0.2, 0) is 0 Å². The number of phenolic OH excluding ortho intramolecular Hbond substituents is 5. The van der Waals surface area contributed by atoms with Crippen molar-refractivity contribution in [1.82, 2.24) is 0 Å². The second-order valence-corrected chi connectivity index (χ2v) is 3.15. The van der Waals surface area contributed by atoms with Crippen LogP contribution in [0, 0.1) is 0 Å². The monoisotopic (exact) mass is 208 g/mol. The molecule has 5 heteroatoms. The lowest BCUT2D eigenvalue weighted by atomic mass is 10.1. The Hall–Kier alpha value is -2.30. The van der Waals surface area contributed by atoms with Gasteiger partial charge >= 0.3 is 0 Å². The van der Waals surface area contributed by atoms with Crippen molar-refractivity contribution < 1.29 is 25.5 Å². The molecule has 0 atom stereocenters. The molecule has 0 radical (unpaired) electrons. The first-order valence-corrected chi connectivity index (χ1v) is 4.10. The van der Waals surface area contributed by atoms with Crippen LogP contribution >= 0.6 is 0 Å². The van der Waals surface area contributed by atoms with Crippen molar-refractivity contribution in [3.63, 3.8) is 0 Å². The predicted molar refractivity (Wildman–Crippen MR) is 52.3 cm³/mol. The Morgan fingerprint density at radius 2 is 1.07 bits per heavy atom. The average molecular weight is 208 g/mol. The van der Waals surface area contributed by atoms with E-state index in [1.54, 1.807) is 0 Å². The molecule has 0 amide bonds. The molecule has 0 aromatic heterocycles. The van der Waals surface area contributed by atoms with Gasteiger partial charge in [0, 0.05) is 16.8 Å². The number of hydrogen-bond acceptors (Lipinski definition) is 5. The highest BCUT2D eigenvalue weighted by atomic mass is 16.3. The first-order chi connectivity index (χ1) is 7.00. The Labute approximate surface area is 84.1 Å². The minimum absolute atomic E-state index is 0.0581. The largest absolute Gasteiger partial charge is 0.507 e. The summed E-state index contributed by atoms with van der Waals surface area (Å²) in [6.07, 6.45) is 0. The summed E-state index contributed by atoms with van der Waals surface area (Å²) >= 11 is 0. The van der Waals surface area contributed by atoms with Crippen molar-refractivity contribution in [2.75, 3.05) is 0 Å². The van der Waals surface area contributed by atoms with Crippen molar-refractivity contribution in [3.05, 3.63) is 18.2 Å². The zero-order valence-corrected chi connectivity index (χ0v) is 7.47. The summed E-state index contributed by atoms with van der Waals surface area (Å²) in [6.45, 7) is 0. The lowest BCUT2D eigenvalue weighted by Crippen LogP contribution is -1.78. The van der Waals surface area contributed by atoms with Crippen LogP contribution in [0.3, 0.4) is 0 Å². The molecule has 15 heavy (non-hydrogen) atoms. The maximum atomic E-state index is 9.44. The standard InChI is InChI=1S/C10H8O5/c11-6-3-9(14)10(15)5-2-8(13)7(12)1-4(5)6/h1-3,11-15H. The van der Waals surface area contributed by atoms with E-state index in [4.69, 9.17) is 0 Å². The molecule has 0 aliphatic heterocycles. The highest BCUT2D eigenvalue weighted by molar-refractivity contribution is 5.97. The number of rotatable bonds is 0. The molecule has 0 saturated heterocycles. The summed E-state index contributed by atoms with van der Waals surface area (Å²) in [4.78, 5) is 0. The van der Waals surface area contributed by atoms with Gasteiger partial charge in [-0.3, -0.25) is 0 Å². The molecule has 0 saturated carbocycles. The van der Waals surface area contributed by atoms with Crippen LogP contribution < -0.4 is 0 Å². The third kappa shape index (κ3) is 1.25. The molecule has 0 aliphatic carbocycles. The average Bonchev–Trinajstić information content (AvgIpc) is 2.18. The lowest BCUT2D eigenvalue weighted by molar-refractivity contribution is 0.397. The van der Waals surface area contributed by atoms with Gasteiger partial charge < -0.3 is 25.5 Å². The van der Waals surface area contributed by atoms with E-state index in [1.807, 2.05) is 0 Å². The van der Waals surface area contributed by atoms with Crippen molar-refractivity contribution in [2.24, 2.45) is 0 Å². The number of aromatic hydroxyl groups is 5. The Kier molecular flexibility index (Phi) is 1.76. The van der Waals surface area contributed by atoms with Crippen LogP contribution in [0.4, 0.5) is 0 Å². The van der Waals surface area contributed by atoms with Crippen LogP contribution in [0.15, 0.2) is 18.2 Å². The molecule has 0 bridgehead atoms. The van der Waals surface area contributed by atoms with Crippen LogP contribution in [0.2, 0.25) is 0 Å². The van der Waals surface area contributed by atoms with Crippen molar-refractivity contribution in [2.45, 2.75) is 0 Å². The van der Waals surface area contributed by atoms with E-state index in [0.29, 0.717) is 0 Å². The van der Waals surface area contributed by atoms with Crippen LogP contribution in [0.5, 0.6) is 28.7 Å². The van der Waals surface area contributed by atoms with Crippen LogP contribution in [0.1, 0.15) is 0 Å². The molecule has 2 aromatic rings. The van der Waals surface area contributed by atoms with Gasteiger partial charge in [0.05, 0.1) is 0 Å². The van der Waals surface area contributed by atoms with Gasteiger partial charge in [-0.1, -0.05) is 0 Å². The smallest absolute Gasteiger partial charge is 0.165 e. The minimum Gasteiger partial charge on any atom is -0.507 e. The maximum absolute atomic E-state index is 9.44. The fourth-order valence-electron chi connectivity index (χ4n) is 1.40. The van der Waals surface area contributed by atoms with Crippen LogP contribution in [0.25, 0.3) is 10.8 Å². The Balaban J connectivity index is 2.97. The fourth-order valence-corrected chi connectivity index (χ4v) is 1.40. The Morgan fingerprint density at radius 3 is 1.67 bits per heavy atom. The zero-order chi connectivity index (χ0) is 11.2. The minimum atomic E-state index is -0.495. The van der Waals surface area contributed by atoms with Crippen molar-refractivity contribution in [3.8, 4) is 28.7 Å². The van der Waals surface area contributed by atoms with E-state index in [0.717, 1.165) is 18.2 Å². The quantitative estimate of drug-likeness (QED) is 0.332. The van der Waals surface area contributed by atoms with Gasteiger partial charge in [0.15, 0.2) is 23.0 Å². The number of phenols is 5. The second kappa shape index (κ2) is 2.84. The second-order valence-electron chi connectivity index (χ2n) is 3.15. The third-order valence-electron chi connectivity index (χ3n) is 2.16.